The van der Waals surface area contributed by atoms with Crippen molar-refractivity contribution in [2.24, 2.45) is 0 Å². The van der Waals surface area contributed by atoms with Crippen molar-refractivity contribution in [3.05, 3.63) is 40.1 Å². The zero-order valence-electron chi connectivity index (χ0n) is 9.80. The molecule has 0 atom stereocenters. The Balaban J connectivity index is 2.25. The number of carboxylic acid groups (broad SMARTS) is 1. The molecule has 0 radical (unpaired) electrons. The molecule has 0 aliphatic rings. The number of hydrogen-bond donors (Lipinski definition) is 1. The largest absolute Gasteiger partial charge is 0.481 e. The average molecular weight is 310 g/mol. The third-order valence-corrected chi connectivity index (χ3v) is 3.17. The Hall–Kier alpha value is -1.69. The number of aromatic nitrogens is 3. The standard InChI is InChI=1S/C12H12BrN3O2/c1-8-11(6-7-12(17)18)14-15-16(8)10-4-2-9(13)3-5-10/h2-5H,6-7H2,1H3,(H,17,18). The molecular weight excluding hydrogens is 298 g/mol. The summed E-state index contributed by atoms with van der Waals surface area (Å²) in [5, 5.41) is 16.7. The molecule has 0 spiro atoms. The highest BCUT2D eigenvalue weighted by Crippen LogP contribution is 2.16. The summed E-state index contributed by atoms with van der Waals surface area (Å²) >= 11 is 3.37. The molecule has 5 nitrogen and oxygen atoms in total. The number of aryl methyl sites for hydroxylation is 1. The highest BCUT2D eigenvalue weighted by Gasteiger charge is 2.11. The van der Waals surface area contributed by atoms with E-state index in [0.29, 0.717) is 6.42 Å². The molecule has 94 valence electrons. The van der Waals surface area contributed by atoms with E-state index in [4.69, 9.17) is 5.11 Å². The van der Waals surface area contributed by atoms with Gasteiger partial charge in [-0.3, -0.25) is 4.79 Å². The molecule has 0 saturated heterocycles. The molecule has 2 rings (SSSR count). The quantitative estimate of drug-likeness (QED) is 0.941. The van der Waals surface area contributed by atoms with E-state index in [0.717, 1.165) is 21.5 Å². The molecule has 6 heteroatoms. The lowest BCUT2D eigenvalue weighted by molar-refractivity contribution is -0.136. The lowest BCUT2D eigenvalue weighted by atomic mass is 10.2. The zero-order valence-corrected chi connectivity index (χ0v) is 11.4. The van der Waals surface area contributed by atoms with Crippen molar-refractivity contribution in [3.8, 4) is 5.69 Å². The number of carboxylic acids is 1. The summed E-state index contributed by atoms with van der Waals surface area (Å²) in [4.78, 5) is 10.5. The lowest BCUT2D eigenvalue weighted by Crippen LogP contribution is -2.01. The van der Waals surface area contributed by atoms with Crippen LogP contribution < -0.4 is 0 Å². The topological polar surface area (TPSA) is 68.0 Å². The summed E-state index contributed by atoms with van der Waals surface area (Å²) in [6, 6.07) is 7.69. The molecule has 1 N–H and O–H groups in total. The van der Waals surface area contributed by atoms with Gasteiger partial charge >= 0.3 is 5.97 Å². The van der Waals surface area contributed by atoms with Gasteiger partial charge in [-0.2, -0.15) is 0 Å². The summed E-state index contributed by atoms with van der Waals surface area (Å²) < 4.78 is 2.71. The first kappa shape index (κ1) is 12.8. The first-order valence-electron chi connectivity index (χ1n) is 5.47. The molecule has 0 bridgehead atoms. The maximum Gasteiger partial charge on any atom is 0.303 e. The molecule has 0 amide bonds. The van der Waals surface area contributed by atoms with E-state index in [2.05, 4.69) is 26.2 Å². The minimum atomic E-state index is -0.826. The molecule has 0 unspecified atom stereocenters. The third-order valence-electron chi connectivity index (χ3n) is 2.64. The highest BCUT2D eigenvalue weighted by atomic mass is 79.9. The molecular formula is C12H12BrN3O2. The van der Waals surface area contributed by atoms with Crippen LogP contribution >= 0.6 is 15.9 Å². The number of hydrogen-bond acceptors (Lipinski definition) is 3. The summed E-state index contributed by atoms with van der Waals surface area (Å²) in [6.07, 6.45) is 0.470. The second-order valence-corrected chi connectivity index (χ2v) is 4.82. The monoisotopic (exact) mass is 309 g/mol. The van der Waals surface area contributed by atoms with Crippen molar-refractivity contribution < 1.29 is 9.90 Å². The van der Waals surface area contributed by atoms with Crippen LogP contribution in [0, 0.1) is 6.92 Å². The van der Waals surface area contributed by atoms with Crippen LogP contribution in [0.1, 0.15) is 17.8 Å². The molecule has 0 saturated carbocycles. The molecule has 0 fully saturated rings. The van der Waals surface area contributed by atoms with Crippen LogP contribution in [-0.4, -0.2) is 26.1 Å². The zero-order chi connectivity index (χ0) is 13.1. The SMILES string of the molecule is Cc1c(CCC(=O)O)nnn1-c1ccc(Br)cc1. The van der Waals surface area contributed by atoms with Crippen molar-refractivity contribution in [2.45, 2.75) is 19.8 Å². The van der Waals surface area contributed by atoms with Crippen LogP contribution in [0.4, 0.5) is 0 Å². The molecule has 2 aromatic rings. The third kappa shape index (κ3) is 2.76. The molecule has 1 aromatic carbocycles. The van der Waals surface area contributed by atoms with Gasteiger partial charge in [-0.1, -0.05) is 21.1 Å². The van der Waals surface area contributed by atoms with Gasteiger partial charge in [0.15, 0.2) is 0 Å². The normalized spacial score (nSPS) is 10.6. The van der Waals surface area contributed by atoms with E-state index >= 15 is 0 Å². The molecule has 1 aromatic heterocycles. The predicted octanol–water partition coefficient (Wildman–Crippen LogP) is 2.36. The number of benzene rings is 1. The number of carbonyl (C=O) groups is 1. The highest BCUT2D eigenvalue weighted by molar-refractivity contribution is 9.10. The summed E-state index contributed by atoms with van der Waals surface area (Å²) in [5.74, 6) is -0.826. The second-order valence-electron chi connectivity index (χ2n) is 3.90. The number of rotatable bonds is 4. The summed E-state index contributed by atoms with van der Waals surface area (Å²) in [5.41, 5.74) is 2.50. The van der Waals surface area contributed by atoms with Gasteiger partial charge in [-0.15, -0.1) is 5.10 Å². The fourth-order valence-electron chi connectivity index (χ4n) is 1.64. The van der Waals surface area contributed by atoms with Gasteiger partial charge in [-0.25, -0.2) is 4.68 Å². The Morgan fingerprint density at radius 3 is 2.67 bits per heavy atom. The van der Waals surface area contributed by atoms with Crippen LogP contribution in [0.3, 0.4) is 0 Å². The second kappa shape index (κ2) is 5.30. The van der Waals surface area contributed by atoms with Crippen molar-refractivity contribution in [1.82, 2.24) is 15.0 Å². The van der Waals surface area contributed by atoms with Gasteiger partial charge in [0.2, 0.25) is 0 Å². The maximum absolute atomic E-state index is 10.5. The Labute approximate surface area is 113 Å². The van der Waals surface area contributed by atoms with Crippen LogP contribution in [0.25, 0.3) is 5.69 Å². The summed E-state index contributed by atoms with van der Waals surface area (Å²) in [6.45, 7) is 1.89. The molecule has 0 aliphatic heterocycles. The number of aliphatic carboxylic acids is 1. The molecule has 1 heterocycles. The van der Waals surface area contributed by atoms with Crippen LogP contribution in [0.5, 0.6) is 0 Å². The van der Waals surface area contributed by atoms with E-state index in [1.165, 1.54) is 0 Å². The van der Waals surface area contributed by atoms with Crippen molar-refractivity contribution >= 4 is 21.9 Å². The van der Waals surface area contributed by atoms with E-state index < -0.39 is 5.97 Å². The molecule has 0 aliphatic carbocycles. The number of nitrogens with zero attached hydrogens (tertiary/aromatic N) is 3. The van der Waals surface area contributed by atoms with Crippen molar-refractivity contribution in [1.29, 1.82) is 0 Å². The van der Waals surface area contributed by atoms with Crippen LogP contribution in [0.15, 0.2) is 28.7 Å². The lowest BCUT2D eigenvalue weighted by Gasteiger charge is -2.03. The van der Waals surface area contributed by atoms with Gasteiger partial charge in [-0.05, 0) is 31.2 Å². The Bertz CT molecular complexity index is 563. The van der Waals surface area contributed by atoms with Gasteiger partial charge in [0.25, 0.3) is 0 Å². The number of halogens is 1. The predicted molar refractivity (Wildman–Crippen MR) is 69.8 cm³/mol. The minimum Gasteiger partial charge on any atom is -0.481 e. The smallest absolute Gasteiger partial charge is 0.303 e. The van der Waals surface area contributed by atoms with Gasteiger partial charge in [0.1, 0.15) is 0 Å². The van der Waals surface area contributed by atoms with E-state index in [9.17, 15) is 4.79 Å². The van der Waals surface area contributed by atoms with Crippen LogP contribution in [0.2, 0.25) is 0 Å². The van der Waals surface area contributed by atoms with Crippen molar-refractivity contribution in [3.63, 3.8) is 0 Å². The Kier molecular flexibility index (Phi) is 3.76. The minimum absolute atomic E-state index is 0.0693. The van der Waals surface area contributed by atoms with Gasteiger partial charge in [0.05, 0.1) is 23.5 Å². The fraction of sp³-hybridized carbons (Fsp3) is 0.250. The first-order valence-corrected chi connectivity index (χ1v) is 6.26. The van der Waals surface area contributed by atoms with Gasteiger partial charge in [0, 0.05) is 10.9 Å². The Morgan fingerprint density at radius 1 is 1.39 bits per heavy atom. The van der Waals surface area contributed by atoms with Gasteiger partial charge < -0.3 is 5.11 Å². The van der Waals surface area contributed by atoms with E-state index in [-0.39, 0.29) is 6.42 Å². The first-order chi connectivity index (χ1) is 8.58. The Morgan fingerprint density at radius 2 is 2.06 bits per heavy atom. The van der Waals surface area contributed by atoms with E-state index in [1.54, 1.807) is 4.68 Å². The maximum atomic E-state index is 10.5. The van der Waals surface area contributed by atoms with Crippen molar-refractivity contribution in [2.75, 3.05) is 0 Å². The van der Waals surface area contributed by atoms with E-state index in [1.807, 2.05) is 31.2 Å². The average Bonchev–Trinajstić information content (AvgIpc) is 2.69. The van der Waals surface area contributed by atoms with Crippen LogP contribution in [-0.2, 0) is 11.2 Å². The molecule has 18 heavy (non-hydrogen) atoms. The fourth-order valence-corrected chi connectivity index (χ4v) is 1.91. The summed E-state index contributed by atoms with van der Waals surface area (Å²) in [7, 11) is 0.